The first-order valence-electron chi connectivity index (χ1n) is 5.75. The smallest absolute Gasteiger partial charge is 0.296 e. The summed E-state index contributed by atoms with van der Waals surface area (Å²) in [5.41, 5.74) is 0. The predicted octanol–water partition coefficient (Wildman–Crippen LogP) is 4.68. The van der Waals surface area contributed by atoms with Gasteiger partial charge in [-0.15, -0.1) is 21.5 Å². The van der Waals surface area contributed by atoms with E-state index in [0.717, 1.165) is 16.0 Å². The third-order valence-corrected chi connectivity index (χ3v) is 5.19. The lowest BCUT2D eigenvalue weighted by atomic mass is 10.2. The molecule has 0 bridgehead atoms. The number of hydrogen-bond donors (Lipinski definition) is 1. The first-order chi connectivity index (χ1) is 10.4. The second kappa shape index (κ2) is 5.49. The van der Waals surface area contributed by atoms with Crippen molar-refractivity contribution >= 4 is 55.4 Å². The van der Waals surface area contributed by atoms with Crippen molar-refractivity contribution in [2.45, 2.75) is 6.18 Å². The number of benzene rings is 1. The van der Waals surface area contributed by atoms with Gasteiger partial charge in [0.2, 0.25) is 10.1 Å². The van der Waals surface area contributed by atoms with Crippen molar-refractivity contribution in [3.05, 3.63) is 39.2 Å². The molecule has 0 saturated heterocycles. The Balaban J connectivity index is 1.87. The number of carbonyl (C=O) groups is 1. The molecule has 0 saturated carbocycles. The van der Waals surface area contributed by atoms with Crippen LogP contribution in [-0.4, -0.2) is 16.1 Å². The topological polar surface area (TPSA) is 54.9 Å². The van der Waals surface area contributed by atoms with Crippen LogP contribution in [0.25, 0.3) is 10.1 Å². The Bertz CT molecular complexity index is 859. The monoisotopic (exact) mass is 363 g/mol. The Morgan fingerprint density at radius 3 is 2.55 bits per heavy atom. The molecule has 0 aliphatic carbocycles. The molecule has 10 heteroatoms. The van der Waals surface area contributed by atoms with E-state index in [1.165, 1.54) is 0 Å². The van der Waals surface area contributed by atoms with E-state index in [2.05, 4.69) is 15.5 Å². The van der Waals surface area contributed by atoms with Gasteiger partial charge in [-0.3, -0.25) is 10.1 Å². The van der Waals surface area contributed by atoms with Gasteiger partial charge in [-0.05, 0) is 6.07 Å². The zero-order valence-electron chi connectivity index (χ0n) is 10.4. The van der Waals surface area contributed by atoms with Crippen LogP contribution in [0.2, 0.25) is 5.02 Å². The summed E-state index contributed by atoms with van der Waals surface area (Å²) in [4.78, 5) is 12.4. The summed E-state index contributed by atoms with van der Waals surface area (Å²) in [6, 6.07) is 7.15. The molecule has 3 aromatic rings. The van der Waals surface area contributed by atoms with Crippen LogP contribution in [0.1, 0.15) is 14.7 Å². The minimum Gasteiger partial charge on any atom is -0.296 e. The van der Waals surface area contributed by atoms with E-state index in [9.17, 15) is 18.0 Å². The summed E-state index contributed by atoms with van der Waals surface area (Å²) in [6.45, 7) is 0. The van der Waals surface area contributed by atoms with Crippen molar-refractivity contribution in [2.75, 3.05) is 5.32 Å². The van der Waals surface area contributed by atoms with Crippen LogP contribution in [-0.2, 0) is 6.18 Å². The molecule has 0 spiro atoms. The highest BCUT2D eigenvalue weighted by atomic mass is 35.5. The van der Waals surface area contributed by atoms with Gasteiger partial charge >= 0.3 is 6.18 Å². The minimum atomic E-state index is -4.59. The standard InChI is InChI=1S/C12H5ClF3N3OS2/c13-7-5-3-1-2-4-6(5)21-8(7)9(20)17-11-19-18-10(22-11)12(14,15)16/h1-4H,(H,17,19,20). The normalized spacial score (nSPS) is 11.8. The van der Waals surface area contributed by atoms with Gasteiger partial charge in [0.25, 0.3) is 5.91 Å². The summed E-state index contributed by atoms with van der Waals surface area (Å²) < 4.78 is 38.1. The third kappa shape index (κ3) is 2.79. The van der Waals surface area contributed by atoms with Crippen LogP contribution in [0.5, 0.6) is 0 Å². The fourth-order valence-corrected chi connectivity index (χ4v) is 3.72. The quantitative estimate of drug-likeness (QED) is 0.719. The summed E-state index contributed by atoms with van der Waals surface area (Å²) in [7, 11) is 0. The molecular weight excluding hydrogens is 359 g/mol. The zero-order valence-corrected chi connectivity index (χ0v) is 12.8. The molecule has 0 unspecified atom stereocenters. The molecule has 1 N–H and O–H groups in total. The van der Waals surface area contributed by atoms with E-state index >= 15 is 0 Å². The molecule has 1 aromatic carbocycles. The van der Waals surface area contributed by atoms with Crippen molar-refractivity contribution in [1.82, 2.24) is 10.2 Å². The molecule has 2 aromatic heterocycles. The average molecular weight is 364 g/mol. The van der Waals surface area contributed by atoms with Gasteiger partial charge in [0.05, 0.1) is 5.02 Å². The number of halogens is 4. The van der Waals surface area contributed by atoms with Crippen LogP contribution in [0.4, 0.5) is 18.3 Å². The maximum atomic E-state index is 12.4. The zero-order chi connectivity index (χ0) is 15.9. The van der Waals surface area contributed by atoms with E-state index in [4.69, 9.17) is 11.6 Å². The fourth-order valence-electron chi connectivity index (χ4n) is 1.70. The summed E-state index contributed by atoms with van der Waals surface area (Å²) in [5.74, 6) is -0.615. The number of alkyl halides is 3. The highest BCUT2D eigenvalue weighted by molar-refractivity contribution is 7.22. The number of nitrogens with one attached hydrogen (secondary N) is 1. The number of thiophene rings is 1. The third-order valence-electron chi connectivity index (χ3n) is 2.63. The van der Waals surface area contributed by atoms with Crippen molar-refractivity contribution in [3.8, 4) is 0 Å². The molecule has 1 amide bonds. The van der Waals surface area contributed by atoms with Gasteiger partial charge in [0.15, 0.2) is 0 Å². The number of anilines is 1. The van der Waals surface area contributed by atoms with E-state index in [1.807, 2.05) is 0 Å². The molecule has 0 atom stereocenters. The summed E-state index contributed by atoms with van der Waals surface area (Å²) in [5, 5.41) is 8.22. The molecule has 0 aliphatic heterocycles. The number of nitrogens with zero attached hydrogens (tertiary/aromatic N) is 2. The van der Waals surface area contributed by atoms with Crippen molar-refractivity contribution in [1.29, 1.82) is 0 Å². The van der Waals surface area contributed by atoms with Crippen LogP contribution < -0.4 is 5.32 Å². The first-order valence-corrected chi connectivity index (χ1v) is 7.76. The number of hydrogen-bond acceptors (Lipinski definition) is 5. The van der Waals surface area contributed by atoms with E-state index in [1.54, 1.807) is 24.3 Å². The Labute approximate surface area is 134 Å². The lowest BCUT2D eigenvalue weighted by molar-refractivity contribution is -0.138. The molecule has 22 heavy (non-hydrogen) atoms. The van der Waals surface area contributed by atoms with Gasteiger partial charge in [-0.25, -0.2) is 0 Å². The summed E-state index contributed by atoms with van der Waals surface area (Å²) in [6.07, 6.45) is -4.59. The van der Waals surface area contributed by atoms with Gasteiger partial charge in [0, 0.05) is 10.1 Å². The maximum absolute atomic E-state index is 12.4. The molecule has 0 aliphatic rings. The number of amides is 1. The Morgan fingerprint density at radius 1 is 1.18 bits per heavy atom. The van der Waals surface area contributed by atoms with Gasteiger partial charge in [-0.2, -0.15) is 13.2 Å². The molecule has 3 rings (SSSR count). The molecule has 0 radical (unpaired) electrons. The number of carbonyl (C=O) groups excluding carboxylic acids is 1. The van der Waals surface area contributed by atoms with E-state index in [-0.39, 0.29) is 26.4 Å². The molecule has 114 valence electrons. The fraction of sp³-hybridized carbons (Fsp3) is 0.0833. The Hall–Kier alpha value is -1.71. The van der Waals surface area contributed by atoms with E-state index in [0.29, 0.717) is 5.39 Å². The van der Waals surface area contributed by atoms with Crippen molar-refractivity contribution in [3.63, 3.8) is 0 Å². The number of aromatic nitrogens is 2. The molecule has 0 fully saturated rings. The second-order valence-electron chi connectivity index (χ2n) is 4.11. The molecule has 4 nitrogen and oxygen atoms in total. The Kier molecular flexibility index (Phi) is 3.79. The SMILES string of the molecule is O=C(Nc1nnc(C(F)(F)F)s1)c1sc2ccccc2c1Cl. The van der Waals surface area contributed by atoms with Gasteiger partial charge < -0.3 is 0 Å². The van der Waals surface area contributed by atoms with Crippen molar-refractivity contribution < 1.29 is 18.0 Å². The highest BCUT2D eigenvalue weighted by Crippen LogP contribution is 2.36. The minimum absolute atomic E-state index is 0.214. The second-order valence-corrected chi connectivity index (χ2v) is 6.51. The molecule has 2 heterocycles. The van der Waals surface area contributed by atoms with Crippen LogP contribution in [0, 0.1) is 0 Å². The Morgan fingerprint density at radius 2 is 1.91 bits per heavy atom. The molecular formula is C12H5ClF3N3OS2. The van der Waals surface area contributed by atoms with Gasteiger partial charge in [-0.1, -0.05) is 41.1 Å². The van der Waals surface area contributed by atoms with Crippen LogP contribution in [0.15, 0.2) is 24.3 Å². The lowest BCUT2D eigenvalue weighted by Gasteiger charge is -1.99. The first kappa shape index (κ1) is 15.2. The number of fused-ring (bicyclic) bond motifs is 1. The van der Waals surface area contributed by atoms with Crippen LogP contribution in [0.3, 0.4) is 0 Å². The van der Waals surface area contributed by atoms with Crippen molar-refractivity contribution in [2.24, 2.45) is 0 Å². The highest BCUT2D eigenvalue weighted by Gasteiger charge is 2.36. The average Bonchev–Trinajstić information content (AvgIpc) is 3.04. The lowest BCUT2D eigenvalue weighted by Crippen LogP contribution is -2.10. The maximum Gasteiger partial charge on any atom is 0.445 e. The largest absolute Gasteiger partial charge is 0.445 e. The van der Waals surface area contributed by atoms with Gasteiger partial charge in [0.1, 0.15) is 4.88 Å². The number of rotatable bonds is 2. The summed E-state index contributed by atoms with van der Waals surface area (Å²) >= 11 is 7.54. The predicted molar refractivity (Wildman–Crippen MR) is 79.7 cm³/mol. The van der Waals surface area contributed by atoms with E-state index < -0.39 is 17.1 Å². The van der Waals surface area contributed by atoms with Crippen LogP contribution >= 0.6 is 34.3 Å².